The van der Waals surface area contributed by atoms with Crippen molar-refractivity contribution in [1.29, 1.82) is 0 Å². The van der Waals surface area contributed by atoms with E-state index >= 15 is 0 Å². The Morgan fingerprint density at radius 3 is 2.67 bits per heavy atom. The Hall–Kier alpha value is -4.16. The van der Waals surface area contributed by atoms with Gasteiger partial charge in [0.25, 0.3) is 0 Å². The number of pyridine rings is 1. The number of anilines is 1. The lowest BCUT2D eigenvalue weighted by atomic mass is 9.76. The van der Waals surface area contributed by atoms with E-state index in [-0.39, 0.29) is 18.3 Å². The average Bonchev–Trinajstić information content (AvgIpc) is 3.60. The molecule has 0 aromatic carbocycles. The Morgan fingerprint density at radius 2 is 2.00 bits per heavy atom. The number of rotatable bonds is 8. The molecule has 12 nitrogen and oxygen atoms in total. The maximum Gasteiger partial charge on any atom is 0.335 e. The molecule has 0 bridgehead atoms. The van der Waals surface area contributed by atoms with E-state index in [0.717, 1.165) is 22.5 Å². The van der Waals surface area contributed by atoms with Crippen LogP contribution in [-0.2, 0) is 21.3 Å². The number of methoxy groups -OCH3 is 1. The third-order valence-electron chi connectivity index (χ3n) is 7.88. The van der Waals surface area contributed by atoms with Crippen molar-refractivity contribution in [3.8, 4) is 22.5 Å². The van der Waals surface area contributed by atoms with E-state index in [4.69, 9.17) is 14.5 Å². The molecule has 6 rings (SSSR count). The number of nitrogens with zero attached hydrogens (tertiary/aromatic N) is 6. The van der Waals surface area contributed by atoms with Crippen LogP contribution >= 0.6 is 0 Å². The van der Waals surface area contributed by atoms with Gasteiger partial charge in [0.15, 0.2) is 17.0 Å². The van der Waals surface area contributed by atoms with Crippen molar-refractivity contribution in [1.82, 2.24) is 29.4 Å². The number of aliphatic carboxylic acids is 1. The molecule has 2 aliphatic rings. The first-order chi connectivity index (χ1) is 19.4. The Morgan fingerprint density at radius 1 is 1.18 bits per heavy atom. The second kappa shape index (κ2) is 10.4. The quantitative estimate of drug-likeness (QED) is 0.316. The van der Waals surface area contributed by atoms with Gasteiger partial charge >= 0.3 is 5.97 Å². The molecule has 0 spiro atoms. The lowest BCUT2D eigenvalue weighted by molar-refractivity contribution is -0.173. The van der Waals surface area contributed by atoms with Crippen LogP contribution in [0.15, 0.2) is 36.8 Å². The maximum absolute atomic E-state index is 13.2. The molecular formula is C28H31N7O5. The van der Waals surface area contributed by atoms with E-state index < -0.39 is 11.6 Å². The third kappa shape index (κ3) is 4.52. The molecule has 208 valence electrons. The van der Waals surface area contributed by atoms with E-state index in [1.807, 2.05) is 31.4 Å². The number of fused-ring (bicyclic) bond motifs is 3. The fourth-order valence-corrected chi connectivity index (χ4v) is 5.72. The molecule has 0 amide bonds. The second-order valence-electron chi connectivity index (χ2n) is 10.3. The molecule has 1 aliphatic heterocycles. The summed E-state index contributed by atoms with van der Waals surface area (Å²) in [6.45, 7) is 1.05. The van der Waals surface area contributed by atoms with Crippen molar-refractivity contribution < 1.29 is 24.2 Å². The van der Waals surface area contributed by atoms with E-state index in [1.165, 1.54) is 0 Å². The second-order valence-corrected chi connectivity index (χ2v) is 10.3. The SMILES string of the molecule is COCCOC1(C(=O)O)CCC(c2nc3c(-c4ccc(-c5ccn(C)n5)nc4)cnn3c3c2C(=O)CCN3)CC1. The molecule has 1 aliphatic carbocycles. The summed E-state index contributed by atoms with van der Waals surface area (Å²) in [6.07, 6.45) is 7.47. The number of ketones is 1. The number of hydrogen-bond donors (Lipinski definition) is 2. The van der Waals surface area contributed by atoms with Gasteiger partial charge in [-0.05, 0) is 37.8 Å². The van der Waals surface area contributed by atoms with Crippen LogP contribution in [0.2, 0.25) is 0 Å². The number of Topliss-reactive ketones (excluding diaryl/α,β-unsaturated/α-hetero) is 1. The predicted molar refractivity (Wildman–Crippen MR) is 145 cm³/mol. The summed E-state index contributed by atoms with van der Waals surface area (Å²) in [5.41, 5.74) is 3.78. The summed E-state index contributed by atoms with van der Waals surface area (Å²) in [7, 11) is 3.42. The van der Waals surface area contributed by atoms with Crippen LogP contribution < -0.4 is 5.32 Å². The Bertz CT molecular complexity index is 1570. The van der Waals surface area contributed by atoms with E-state index in [1.54, 1.807) is 28.7 Å². The molecule has 40 heavy (non-hydrogen) atoms. The molecule has 12 heteroatoms. The van der Waals surface area contributed by atoms with Gasteiger partial charge < -0.3 is 19.9 Å². The molecule has 1 saturated carbocycles. The normalized spacial score (nSPS) is 20.9. The van der Waals surface area contributed by atoms with Gasteiger partial charge in [-0.1, -0.05) is 6.07 Å². The number of carbonyl (C=O) groups is 2. The van der Waals surface area contributed by atoms with Gasteiger partial charge in [-0.25, -0.2) is 9.78 Å². The number of carbonyl (C=O) groups excluding carboxylic acids is 1. The number of aromatic nitrogens is 6. The maximum atomic E-state index is 13.2. The van der Waals surface area contributed by atoms with E-state index in [0.29, 0.717) is 68.0 Å². The molecule has 2 N–H and O–H groups in total. The summed E-state index contributed by atoms with van der Waals surface area (Å²) in [5.74, 6) is -0.409. The first-order valence-electron chi connectivity index (χ1n) is 13.4. The zero-order valence-electron chi connectivity index (χ0n) is 22.5. The minimum absolute atomic E-state index is 0.0167. The number of carboxylic acids is 1. The average molecular weight is 546 g/mol. The van der Waals surface area contributed by atoms with E-state index in [9.17, 15) is 14.7 Å². The highest BCUT2D eigenvalue weighted by Crippen LogP contribution is 2.43. The minimum Gasteiger partial charge on any atom is -0.479 e. The molecule has 4 aromatic rings. The van der Waals surface area contributed by atoms with Crippen LogP contribution in [0.5, 0.6) is 0 Å². The lowest BCUT2D eigenvalue weighted by Crippen LogP contribution is -2.45. The molecule has 0 saturated heterocycles. The van der Waals surface area contributed by atoms with Crippen LogP contribution in [0.4, 0.5) is 5.82 Å². The lowest BCUT2D eigenvalue weighted by Gasteiger charge is -2.37. The highest BCUT2D eigenvalue weighted by atomic mass is 16.5. The van der Waals surface area contributed by atoms with Crippen molar-refractivity contribution in [2.45, 2.75) is 43.6 Å². The smallest absolute Gasteiger partial charge is 0.335 e. The van der Waals surface area contributed by atoms with Gasteiger partial charge in [0, 0.05) is 56.6 Å². The molecular weight excluding hydrogens is 514 g/mol. The summed E-state index contributed by atoms with van der Waals surface area (Å²) in [4.78, 5) is 35.0. The first kappa shape index (κ1) is 26.1. The molecule has 0 atom stereocenters. The van der Waals surface area contributed by atoms with Crippen LogP contribution in [0, 0.1) is 0 Å². The van der Waals surface area contributed by atoms with Gasteiger partial charge in [-0.2, -0.15) is 14.7 Å². The summed E-state index contributed by atoms with van der Waals surface area (Å²) >= 11 is 0. The topological polar surface area (TPSA) is 146 Å². The third-order valence-corrected chi connectivity index (χ3v) is 7.88. The summed E-state index contributed by atoms with van der Waals surface area (Å²) in [5, 5.41) is 22.3. The van der Waals surface area contributed by atoms with E-state index in [2.05, 4.69) is 20.5 Å². The van der Waals surface area contributed by atoms with Crippen LogP contribution in [-0.4, -0.2) is 78.7 Å². The number of nitrogens with one attached hydrogen (secondary N) is 1. The fourth-order valence-electron chi connectivity index (χ4n) is 5.72. The van der Waals surface area contributed by atoms with Gasteiger partial charge in [0.05, 0.1) is 36.4 Å². The molecule has 0 radical (unpaired) electrons. The van der Waals surface area contributed by atoms with Gasteiger partial charge in [0.1, 0.15) is 11.5 Å². The van der Waals surface area contributed by atoms with Crippen molar-refractivity contribution in [2.75, 3.05) is 32.2 Å². The Balaban J connectivity index is 1.36. The molecule has 5 heterocycles. The zero-order chi connectivity index (χ0) is 27.9. The van der Waals surface area contributed by atoms with Crippen LogP contribution in [0.3, 0.4) is 0 Å². The van der Waals surface area contributed by atoms with Crippen molar-refractivity contribution in [3.63, 3.8) is 0 Å². The van der Waals surface area contributed by atoms with Crippen molar-refractivity contribution in [2.24, 2.45) is 7.05 Å². The number of hydrogen-bond acceptors (Lipinski definition) is 9. The number of carboxylic acid groups (broad SMARTS) is 1. The number of ether oxygens (including phenoxy) is 2. The monoisotopic (exact) mass is 545 g/mol. The summed E-state index contributed by atoms with van der Waals surface area (Å²) in [6, 6.07) is 5.79. The van der Waals surface area contributed by atoms with Crippen molar-refractivity contribution >= 4 is 23.2 Å². The minimum atomic E-state index is -1.26. The standard InChI is InChI=1S/C28H31N7O5/c1-34-12-8-21(33-34)20-4-3-18(15-30-20)19-16-31-35-25(19)32-24(23-22(36)7-11-29-26(23)35)17-5-9-28(10-6-17,27(37)38)40-14-13-39-2/h3-4,8,12,15-17,29H,5-7,9-11,13-14H2,1-2H3,(H,37,38). The van der Waals surface area contributed by atoms with Gasteiger partial charge in [0.2, 0.25) is 0 Å². The molecule has 4 aromatic heterocycles. The summed E-state index contributed by atoms with van der Waals surface area (Å²) < 4.78 is 14.3. The largest absolute Gasteiger partial charge is 0.479 e. The first-order valence-corrected chi connectivity index (χ1v) is 13.4. The van der Waals surface area contributed by atoms with Gasteiger partial charge in [-0.3, -0.25) is 14.5 Å². The predicted octanol–water partition coefficient (Wildman–Crippen LogP) is 3.33. The van der Waals surface area contributed by atoms with Crippen LogP contribution in [0.1, 0.15) is 54.1 Å². The van der Waals surface area contributed by atoms with Crippen LogP contribution in [0.25, 0.3) is 28.2 Å². The Kier molecular flexibility index (Phi) is 6.80. The molecule has 0 unspecified atom stereocenters. The highest BCUT2D eigenvalue weighted by Gasteiger charge is 2.44. The highest BCUT2D eigenvalue weighted by molar-refractivity contribution is 6.04. The van der Waals surface area contributed by atoms with Crippen molar-refractivity contribution in [3.05, 3.63) is 48.0 Å². The Labute approximate surface area is 230 Å². The van der Waals surface area contributed by atoms with Gasteiger partial charge in [-0.15, -0.1) is 0 Å². The fraction of sp³-hybridized carbons (Fsp3) is 0.429. The zero-order valence-corrected chi connectivity index (χ0v) is 22.5. The molecule has 1 fully saturated rings. The number of aryl methyl sites for hydroxylation is 1.